The Bertz CT molecular complexity index is 503. The van der Waals surface area contributed by atoms with Gasteiger partial charge in [-0.3, -0.25) is 4.90 Å². The van der Waals surface area contributed by atoms with E-state index in [1.165, 1.54) is 12.8 Å². The van der Waals surface area contributed by atoms with Crippen molar-refractivity contribution in [2.45, 2.75) is 25.8 Å². The van der Waals surface area contributed by atoms with E-state index in [-0.39, 0.29) is 18.6 Å². The fourth-order valence-corrected chi connectivity index (χ4v) is 3.55. The molecule has 1 aromatic rings. The Hall–Kier alpha value is -0.970. The van der Waals surface area contributed by atoms with Crippen molar-refractivity contribution < 1.29 is 14.6 Å². The lowest BCUT2D eigenvalue weighted by molar-refractivity contribution is 0.125. The summed E-state index contributed by atoms with van der Waals surface area (Å²) >= 11 is 6.49. The maximum absolute atomic E-state index is 9.63. The lowest BCUT2D eigenvalue weighted by Gasteiger charge is -2.33. The van der Waals surface area contributed by atoms with E-state index in [1.54, 1.807) is 0 Å². The molecular formula is C16H22ClNO3. The van der Waals surface area contributed by atoms with Gasteiger partial charge in [0, 0.05) is 23.7 Å². The first-order chi connectivity index (χ1) is 10.2. The van der Waals surface area contributed by atoms with E-state index < -0.39 is 0 Å². The first-order valence-electron chi connectivity index (χ1n) is 7.64. The van der Waals surface area contributed by atoms with Crippen molar-refractivity contribution >= 4 is 11.6 Å². The predicted molar refractivity (Wildman–Crippen MR) is 82.2 cm³/mol. The van der Waals surface area contributed by atoms with Crippen molar-refractivity contribution in [1.29, 1.82) is 0 Å². The van der Waals surface area contributed by atoms with E-state index in [9.17, 15) is 5.11 Å². The number of benzene rings is 1. The van der Waals surface area contributed by atoms with Gasteiger partial charge >= 0.3 is 0 Å². The predicted octanol–water partition coefficient (Wildman–Crippen LogP) is 2.88. The third-order valence-corrected chi connectivity index (χ3v) is 4.67. The topological polar surface area (TPSA) is 41.9 Å². The smallest absolute Gasteiger partial charge is 0.162 e. The average molecular weight is 312 g/mol. The molecule has 1 N–H and O–H groups in total. The summed E-state index contributed by atoms with van der Waals surface area (Å²) in [7, 11) is 0. The summed E-state index contributed by atoms with van der Waals surface area (Å²) in [6.07, 6.45) is 2.41. The Labute approximate surface area is 130 Å². The summed E-state index contributed by atoms with van der Waals surface area (Å²) in [5, 5.41) is 10.3. The Morgan fingerprint density at radius 2 is 1.81 bits per heavy atom. The largest absolute Gasteiger partial charge is 0.486 e. The summed E-state index contributed by atoms with van der Waals surface area (Å²) in [5.74, 6) is 1.60. The number of rotatable bonds is 4. The van der Waals surface area contributed by atoms with Gasteiger partial charge in [0.15, 0.2) is 11.5 Å². The van der Waals surface area contributed by atoms with Gasteiger partial charge in [-0.1, -0.05) is 18.5 Å². The minimum atomic E-state index is 0.126. The monoisotopic (exact) mass is 311 g/mol. The molecule has 3 rings (SSSR count). The van der Waals surface area contributed by atoms with Gasteiger partial charge in [-0.15, -0.1) is 0 Å². The highest BCUT2D eigenvalue weighted by atomic mass is 35.5. The standard InChI is InChI=1S/C16H22ClNO3/c1-11(10-19)16(18-4-2-3-5-18)12-8-14-15(9-13(12)17)21-7-6-20-14/h8-9,11,16,19H,2-7,10H2,1H3. The molecule has 2 unspecified atom stereocenters. The number of halogens is 1. The van der Waals surface area contributed by atoms with Gasteiger partial charge in [0.1, 0.15) is 13.2 Å². The molecule has 21 heavy (non-hydrogen) atoms. The van der Waals surface area contributed by atoms with Crippen LogP contribution in [-0.4, -0.2) is 42.9 Å². The van der Waals surface area contributed by atoms with Crippen LogP contribution in [0.1, 0.15) is 31.4 Å². The van der Waals surface area contributed by atoms with Crippen LogP contribution in [-0.2, 0) is 0 Å². The van der Waals surface area contributed by atoms with E-state index in [4.69, 9.17) is 21.1 Å². The summed E-state index contributed by atoms with van der Waals surface area (Å²) in [4.78, 5) is 2.41. The van der Waals surface area contributed by atoms with E-state index in [1.807, 2.05) is 12.1 Å². The molecule has 0 spiro atoms. The lowest BCUT2D eigenvalue weighted by Crippen LogP contribution is -2.32. The highest BCUT2D eigenvalue weighted by Crippen LogP contribution is 2.42. The van der Waals surface area contributed by atoms with Crippen LogP contribution in [0.25, 0.3) is 0 Å². The normalized spacial score (nSPS) is 21.3. The van der Waals surface area contributed by atoms with Crippen LogP contribution < -0.4 is 9.47 Å². The average Bonchev–Trinajstić information content (AvgIpc) is 3.01. The van der Waals surface area contributed by atoms with Crippen molar-refractivity contribution in [3.63, 3.8) is 0 Å². The summed E-state index contributed by atoms with van der Waals surface area (Å²) in [6.45, 7) is 5.45. The second-order valence-electron chi connectivity index (χ2n) is 5.87. The molecule has 5 heteroatoms. The number of aliphatic hydroxyl groups excluding tert-OH is 1. The first kappa shape index (κ1) is 14.9. The van der Waals surface area contributed by atoms with Gasteiger partial charge in [0.05, 0.1) is 0 Å². The number of likely N-dealkylation sites (tertiary alicyclic amines) is 1. The molecule has 2 aliphatic rings. The minimum absolute atomic E-state index is 0.126. The van der Waals surface area contributed by atoms with Gasteiger partial charge in [0.2, 0.25) is 0 Å². The number of aliphatic hydroxyl groups is 1. The van der Waals surface area contributed by atoms with E-state index in [0.717, 1.165) is 24.4 Å². The zero-order valence-corrected chi connectivity index (χ0v) is 13.1. The van der Waals surface area contributed by atoms with Crippen LogP contribution in [0.4, 0.5) is 0 Å². The molecule has 2 aliphatic heterocycles. The molecule has 1 aromatic carbocycles. The third kappa shape index (κ3) is 2.98. The maximum Gasteiger partial charge on any atom is 0.162 e. The van der Waals surface area contributed by atoms with Gasteiger partial charge < -0.3 is 14.6 Å². The molecule has 2 atom stereocenters. The Balaban J connectivity index is 1.97. The molecule has 0 bridgehead atoms. The molecule has 2 heterocycles. The van der Waals surface area contributed by atoms with Crippen LogP contribution in [0.2, 0.25) is 5.02 Å². The SMILES string of the molecule is CC(CO)C(c1cc2c(cc1Cl)OCCO2)N1CCCC1. The number of nitrogens with zero attached hydrogens (tertiary/aromatic N) is 1. The second kappa shape index (κ2) is 6.42. The molecule has 4 nitrogen and oxygen atoms in total. The molecule has 0 amide bonds. The molecular weight excluding hydrogens is 290 g/mol. The zero-order chi connectivity index (χ0) is 14.8. The van der Waals surface area contributed by atoms with Gasteiger partial charge in [-0.05, 0) is 43.5 Å². The first-order valence-corrected chi connectivity index (χ1v) is 8.02. The Morgan fingerprint density at radius 1 is 1.19 bits per heavy atom. The van der Waals surface area contributed by atoms with Crippen LogP contribution in [0.15, 0.2) is 12.1 Å². The van der Waals surface area contributed by atoms with Crippen LogP contribution in [0, 0.1) is 5.92 Å². The van der Waals surface area contributed by atoms with Crippen molar-refractivity contribution in [3.05, 3.63) is 22.7 Å². The molecule has 1 saturated heterocycles. The molecule has 1 fully saturated rings. The van der Waals surface area contributed by atoms with E-state index in [0.29, 0.717) is 24.0 Å². The van der Waals surface area contributed by atoms with Crippen LogP contribution in [0.5, 0.6) is 11.5 Å². The highest BCUT2D eigenvalue weighted by molar-refractivity contribution is 6.31. The summed E-state index contributed by atoms with van der Waals surface area (Å²) in [6, 6.07) is 3.96. The number of hydrogen-bond acceptors (Lipinski definition) is 4. The lowest BCUT2D eigenvalue weighted by atomic mass is 9.93. The quantitative estimate of drug-likeness (QED) is 0.928. The number of fused-ring (bicyclic) bond motifs is 1. The fraction of sp³-hybridized carbons (Fsp3) is 0.625. The van der Waals surface area contributed by atoms with Crippen LogP contribution >= 0.6 is 11.6 Å². The molecule has 116 valence electrons. The molecule has 0 aliphatic carbocycles. The Morgan fingerprint density at radius 3 is 2.43 bits per heavy atom. The van der Waals surface area contributed by atoms with Crippen molar-refractivity contribution in [2.75, 3.05) is 32.9 Å². The number of ether oxygens (including phenoxy) is 2. The molecule has 0 saturated carbocycles. The van der Waals surface area contributed by atoms with E-state index >= 15 is 0 Å². The summed E-state index contributed by atoms with van der Waals surface area (Å²) < 4.78 is 11.3. The van der Waals surface area contributed by atoms with Gasteiger partial charge in [-0.25, -0.2) is 0 Å². The maximum atomic E-state index is 9.63. The molecule has 0 aromatic heterocycles. The summed E-state index contributed by atoms with van der Waals surface area (Å²) in [5.41, 5.74) is 1.03. The fourth-order valence-electron chi connectivity index (χ4n) is 3.29. The van der Waals surface area contributed by atoms with Gasteiger partial charge in [0.25, 0.3) is 0 Å². The third-order valence-electron chi connectivity index (χ3n) is 4.34. The van der Waals surface area contributed by atoms with E-state index in [2.05, 4.69) is 11.8 Å². The van der Waals surface area contributed by atoms with Crippen LogP contribution in [0.3, 0.4) is 0 Å². The number of hydrogen-bond donors (Lipinski definition) is 1. The minimum Gasteiger partial charge on any atom is -0.486 e. The Kier molecular flexibility index (Phi) is 4.57. The van der Waals surface area contributed by atoms with Gasteiger partial charge in [-0.2, -0.15) is 0 Å². The second-order valence-corrected chi connectivity index (χ2v) is 6.27. The molecule has 0 radical (unpaired) electrons. The van der Waals surface area contributed by atoms with Crippen molar-refractivity contribution in [3.8, 4) is 11.5 Å². The van der Waals surface area contributed by atoms with Crippen molar-refractivity contribution in [1.82, 2.24) is 4.90 Å². The zero-order valence-electron chi connectivity index (χ0n) is 12.3. The van der Waals surface area contributed by atoms with Crippen molar-refractivity contribution in [2.24, 2.45) is 5.92 Å². The highest BCUT2D eigenvalue weighted by Gasteiger charge is 2.31.